The average molecular weight is 418 g/mol. The molecule has 2 heterocycles. The molecule has 8 nitrogen and oxygen atoms in total. The quantitative estimate of drug-likeness (QED) is 0.444. The summed E-state index contributed by atoms with van der Waals surface area (Å²) in [4.78, 5) is 28.1. The molecule has 1 fully saturated rings. The fourth-order valence-electron chi connectivity index (χ4n) is 3.56. The molecule has 1 aromatic rings. The van der Waals surface area contributed by atoms with Crippen molar-refractivity contribution in [1.29, 1.82) is 0 Å². The minimum absolute atomic E-state index is 0.172. The van der Waals surface area contributed by atoms with Gasteiger partial charge in [0.05, 0.1) is 6.54 Å². The van der Waals surface area contributed by atoms with Crippen LogP contribution < -0.4 is 15.5 Å². The summed E-state index contributed by atoms with van der Waals surface area (Å²) in [7, 11) is 0. The SMILES string of the molecule is CCNC(=NCc1ccnc(N2CCN(CC)CC2)c1)NCCC(=O)N(CC)CC. The summed E-state index contributed by atoms with van der Waals surface area (Å²) in [5.74, 6) is 1.94. The zero-order valence-electron chi connectivity index (χ0n) is 19.2. The van der Waals surface area contributed by atoms with Crippen LogP contribution in [0.3, 0.4) is 0 Å². The summed E-state index contributed by atoms with van der Waals surface area (Å²) in [6.45, 7) is 17.0. The molecule has 0 atom stereocenters. The number of amides is 1. The van der Waals surface area contributed by atoms with E-state index in [2.05, 4.69) is 38.4 Å². The summed E-state index contributed by atoms with van der Waals surface area (Å²) in [6.07, 6.45) is 2.34. The minimum Gasteiger partial charge on any atom is -0.357 e. The smallest absolute Gasteiger partial charge is 0.224 e. The maximum absolute atomic E-state index is 12.2. The van der Waals surface area contributed by atoms with Gasteiger partial charge in [0.25, 0.3) is 0 Å². The van der Waals surface area contributed by atoms with E-state index in [1.165, 1.54) is 0 Å². The van der Waals surface area contributed by atoms with E-state index in [9.17, 15) is 4.79 Å². The maximum Gasteiger partial charge on any atom is 0.224 e. The summed E-state index contributed by atoms with van der Waals surface area (Å²) in [5.41, 5.74) is 1.13. The van der Waals surface area contributed by atoms with Crippen molar-refractivity contribution in [3.8, 4) is 0 Å². The highest BCUT2D eigenvalue weighted by molar-refractivity contribution is 5.81. The number of nitrogens with zero attached hydrogens (tertiary/aromatic N) is 5. The number of carbonyl (C=O) groups excluding carboxylic acids is 1. The third-order valence-electron chi connectivity index (χ3n) is 5.46. The third-order valence-corrected chi connectivity index (χ3v) is 5.46. The fraction of sp³-hybridized carbons (Fsp3) is 0.682. The van der Waals surface area contributed by atoms with Crippen LogP contribution in [0.4, 0.5) is 5.82 Å². The lowest BCUT2D eigenvalue weighted by Crippen LogP contribution is -2.46. The standard InChI is InChI=1S/C22H39N7O/c1-5-23-22(25-12-10-21(30)28(7-3)8-4)26-18-19-9-11-24-20(17-19)29-15-13-27(6-2)14-16-29/h9,11,17H,5-8,10,12-16,18H2,1-4H3,(H2,23,25,26). The van der Waals surface area contributed by atoms with Gasteiger partial charge in [-0.3, -0.25) is 4.79 Å². The number of nitrogens with one attached hydrogen (secondary N) is 2. The van der Waals surface area contributed by atoms with Crippen LogP contribution >= 0.6 is 0 Å². The summed E-state index contributed by atoms with van der Waals surface area (Å²) in [5, 5.41) is 6.53. The van der Waals surface area contributed by atoms with Crippen molar-refractivity contribution >= 4 is 17.7 Å². The van der Waals surface area contributed by atoms with E-state index in [4.69, 9.17) is 4.99 Å². The number of aliphatic imine (C=N–C) groups is 1. The number of pyridine rings is 1. The number of hydrogen-bond donors (Lipinski definition) is 2. The number of rotatable bonds is 10. The molecule has 0 unspecified atom stereocenters. The van der Waals surface area contributed by atoms with Gasteiger partial charge in [0.1, 0.15) is 5.82 Å². The van der Waals surface area contributed by atoms with E-state index in [-0.39, 0.29) is 5.91 Å². The van der Waals surface area contributed by atoms with Gasteiger partial charge in [0.15, 0.2) is 5.96 Å². The molecule has 1 saturated heterocycles. The number of likely N-dealkylation sites (N-methyl/N-ethyl adjacent to an activating group) is 1. The van der Waals surface area contributed by atoms with E-state index in [1.807, 2.05) is 37.9 Å². The molecule has 2 N–H and O–H groups in total. The van der Waals surface area contributed by atoms with Crippen LogP contribution in [0.15, 0.2) is 23.3 Å². The minimum atomic E-state index is 0.172. The summed E-state index contributed by atoms with van der Waals surface area (Å²) >= 11 is 0. The molecule has 0 aliphatic carbocycles. The second-order valence-corrected chi connectivity index (χ2v) is 7.38. The van der Waals surface area contributed by atoms with Gasteiger partial charge in [-0.2, -0.15) is 0 Å². The monoisotopic (exact) mass is 417 g/mol. The van der Waals surface area contributed by atoms with E-state index >= 15 is 0 Å². The van der Waals surface area contributed by atoms with Gasteiger partial charge in [0.2, 0.25) is 5.91 Å². The molecule has 1 aromatic heterocycles. The number of hydrogen-bond acceptors (Lipinski definition) is 5. The van der Waals surface area contributed by atoms with E-state index < -0.39 is 0 Å². The molecule has 8 heteroatoms. The van der Waals surface area contributed by atoms with Crippen LogP contribution in [0, 0.1) is 0 Å². The van der Waals surface area contributed by atoms with Crippen LogP contribution in [-0.2, 0) is 11.3 Å². The van der Waals surface area contributed by atoms with Crippen LogP contribution in [0.1, 0.15) is 39.7 Å². The molecule has 2 rings (SSSR count). The van der Waals surface area contributed by atoms with Crippen molar-refractivity contribution in [2.75, 3.05) is 63.8 Å². The first-order chi connectivity index (χ1) is 14.6. The lowest BCUT2D eigenvalue weighted by molar-refractivity contribution is -0.130. The van der Waals surface area contributed by atoms with E-state index in [0.717, 1.165) is 69.7 Å². The van der Waals surface area contributed by atoms with E-state index in [1.54, 1.807) is 0 Å². The molecule has 0 saturated carbocycles. The van der Waals surface area contributed by atoms with Gasteiger partial charge >= 0.3 is 0 Å². The largest absolute Gasteiger partial charge is 0.357 e. The predicted molar refractivity (Wildman–Crippen MR) is 124 cm³/mol. The van der Waals surface area contributed by atoms with Gasteiger partial charge in [-0.25, -0.2) is 9.98 Å². The van der Waals surface area contributed by atoms with Crippen molar-refractivity contribution in [3.63, 3.8) is 0 Å². The van der Waals surface area contributed by atoms with Crippen molar-refractivity contribution in [1.82, 2.24) is 25.4 Å². The molecular formula is C22H39N7O. The number of carbonyl (C=O) groups is 1. The lowest BCUT2D eigenvalue weighted by atomic mass is 10.2. The van der Waals surface area contributed by atoms with Crippen molar-refractivity contribution < 1.29 is 4.79 Å². The van der Waals surface area contributed by atoms with Crippen LogP contribution in [-0.4, -0.2) is 85.6 Å². The molecule has 1 aliphatic rings. The Morgan fingerprint density at radius 2 is 1.87 bits per heavy atom. The predicted octanol–water partition coefficient (Wildman–Crippen LogP) is 1.54. The number of piperazine rings is 1. The molecule has 0 spiro atoms. The van der Waals surface area contributed by atoms with Gasteiger partial charge in [0, 0.05) is 65.0 Å². The highest BCUT2D eigenvalue weighted by Gasteiger charge is 2.16. The molecule has 30 heavy (non-hydrogen) atoms. The zero-order chi connectivity index (χ0) is 21.8. The Labute approximate surface area is 181 Å². The van der Waals surface area contributed by atoms with Crippen LogP contribution in [0.2, 0.25) is 0 Å². The van der Waals surface area contributed by atoms with Gasteiger partial charge in [-0.15, -0.1) is 0 Å². The highest BCUT2D eigenvalue weighted by atomic mass is 16.2. The fourth-order valence-corrected chi connectivity index (χ4v) is 3.56. The Kier molecular flexibility index (Phi) is 10.4. The van der Waals surface area contributed by atoms with E-state index in [0.29, 0.717) is 19.5 Å². The number of aromatic nitrogens is 1. The Morgan fingerprint density at radius 3 is 2.50 bits per heavy atom. The maximum atomic E-state index is 12.2. The molecule has 0 radical (unpaired) electrons. The topological polar surface area (TPSA) is 76.1 Å². The highest BCUT2D eigenvalue weighted by Crippen LogP contribution is 2.15. The van der Waals surface area contributed by atoms with Gasteiger partial charge in [-0.05, 0) is 45.0 Å². The molecular weight excluding hydrogens is 378 g/mol. The summed E-state index contributed by atoms with van der Waals surface area (Å²) < 4.78 is 0. The zero-order valence-corrected chi connectivity index (χ0v) is 19.2. The van der Waals surface area contributed by atoms with Gasteiger partial charge < -0.3 is 25.3 Å². The molecule has 0 aromatic carbocycles. The first-order valence-electron chi connectivity index (χ1n) is 11.3. The first-order valence-corrected chi connectivity index (χ1v) is 11.3. The third kappa shape index (κ3) is 7.48. The second-order valence-electron chi connectivity index (χ2n) is 7.38. The molecule has 1 aliphatic heterocycles. The van der Waals surface area contributed by atoms with Crippen molar-refractivity contribution in [2.24, 2.45) is 4.99 Å². The Morgan fingerprint density at radius 1 is 1.13 bits per heavy atom. The van der Waals surface area contributed by atoms with Crippen LogP contribution in [0.5, 0.6) is 0 Å². The van der Waals surface area contributed by atoms with Crippen molar-refractivity contribution in [2.45, 2.75) is 40.7 Å². The second kappa shape index (κ2) is 13.1. The van der Waals surface area contributed by atoms with Crippen LogP contribution in [0.25, 0.3) is 0 Å². The Bertz CT molecular complexity index is 667. The van der Waals surface area contributed by atoms with Gasteiger partial charge in [-0.1, -0.05) is 6.92 Å². The Balaban J connectivity index is 1.90. The molecule has 1 amide bonds. The summed E-state index contributed by atoms with van der Waals surface area (Å²) in [6, 6.07) is 4.15. The lowest BCUT2D eigenvalue weighted by Gasteiger charge is -2.34. The number of guanidine groups is 1. The molecule has 168 valence electrons. The number of anilines is 1. The normalized spacial score (nSPS) is 15.2. The van der Waals surface area contributed by atoms with Crippen molar-refractivity contribution in [3.05, 3.63) is 23.9 Å². The Hall–Kier alpha value is -2.35. The molecule has 0 bridgehead atoms. The first kappa shape index (κ1) is 23.9. The average Bonchev–Trinajstić information content (AvgIpc) is 2.78.